The lowest BCUT2D eigenvalue weighted by atomic mass is 10.2. The van der Waals surface area contributed by atoms with Crippen LogP contribution in [0.25, 0.3) is 0 Å². The Morgan fingerprint density at radius 1 is 1.43 bits per heavy atom. The molecule has 1 saturated carbocycles. The predicted molar refractivity (Wildman–Crippen MR) is 74.8 cm³/mol. The molecule has 4 nitrogen and oxygen atoms in total. The SMILES string of the molecule is CCC1CC1NS(=O)(=O)c1c(F)cc(F)cc1C#CCN. The van der Waals surface area contributed by atoms with Gasteiger partial charge in [-0.2, -0.15) is 0 Å². The van der Waals surface area contributed by atoms with Crippen LogP contribution in [0.15, 0.2) is 17.0 Å². The zero-order chi connectivity index (χ0) is 15.6. The molecule has 0 radical (unpaired) electrons. The molecule has 7 heteroatoms. The van der Waals surface area contributed by atoms with E-state index in [1.807, 2.05) is 6.92 Å². The predicted octanol–water partition coefficient (Wildman–Crippen LogP) is 1.35. The molecule has 0 amide bonds. The van der Waals surface area contributed by atoms with E-state index >= 15 is 0 Å². The van der Waals surface area contributed by atoms with Crippen molar-refractivity contribution in [1.82, 2.24) is 4.72 Å². The molecule has 0 aromatic heterocycles. The molecule has 2 rings (SSSR count). The van der Waals surface area contributed by atoms with Crippen LogP contribution in [0.2, 0.25) is 0 Å². The van der Waals surface area contributed by atoms with Gasteiger partial charge >= 0.3 is 0 Å². The maximum Gasteiger partial charge on any atom is 0.245 e. The summed E-state index contributed by atoms with van der Waals surface area (Å²) in [5, 5.41) is 0. The first kappa shape index (κ1) is 15.9. The molecule has 114 valence electrons. The number of hydrogen-bond acceptors (Lipinski definition) is 3. The van der Waals surface area contributed by atoms with Gasteiger partial charge in [-0.1, -0.05) is 25.2 Å². The van der Waals surface area contributed by atoms with E-state index in [-0.39, 0.29) is 24.1 Å². The van der Waals surface area contributed by atoms with Crippen LogP contribution < -0.4 is 10.5 Å². The van der Waals surface area contributed by atoms with Crippen molar-refractivity contribution in [3.8, 4) is 11.8 Å². The third-order valence-corrected chi connectivity index (χ3v) is 4.92. The van der Waals surface area contributed by atoms with Gasteiger partial charge in [-0.3, -0.25) is 0 Å². The average molecular weight is 314 g/mol. The Balaban J connectivity index is 2.42. The maximum atomic E-state index is 13.9. The molecule has 1 aliphatic rings. The fourth-order valence-corrected chi connectivity index (χ4v) is 3.69. The minimum atomic E-state index is -4.08. The molecule has 0 heterocycles. The lowest BCUT2D eigenvalue weighted by molar-refractivity contribution is 0.540. The van der Waals surface area contributed by atoms with Crippen molar-refractivity contribution in [3.63, 3.8) is 0 Å². The summed E-state index contributed by atoms with van der Waals surface area (Å²) in [6.45, 7) is 1.92. The zero-order valence-electron chi connectivity index (χ0n) is 11.5. The third kappa shape index (κ3) is 3.59. The fraction of sp³-hybridized carbons (Fsp3) is 0.429. The summed E-state index contributed by atoms with van der Waals surface area (Å²) in [6.07, 6.45) is 1.57. The molecule has 3 N–H and O–H groups in total. The van der Waals surface area contributed by atoms with Crippen LogP contribution in [-0.4, -0.2) is 21.0 Å². The van der Waals surface area contributed by atoms with E-state index in [1.54, 1.807) is 0 Å². The van der Waals surface area contributed by atoms with Gasteiger partial charge < -0.3 is 5.73 Å². The molecule has 21 heavy (non-hydrogen) atoms. The van der Waals surface area contributed by atoms with Crippen LogP contribution in [-0.2, 0) is 10.0 Å². The van der Waals surface area contributed by atoms with Crippen molar-refractivity contribution in [2.75, 3.05) is 6.54 Å². The van der Waals surface area contributed by atoms with E-state index in [0.29, 0.717) is 6.07 Å². The van der Waals surface area contributed by atoms with Gasteiger partial charge in [-0.05, 0) is 18.4 Å². The number of sulfonamides is 1. The number of halogens is 2. The normalized spacial score (nSPS) is 20.8. The molecule has 1 aliphatic carbocycles. The standard InChI is InChI=1S/C14H16F2N2O2S/c1-2-9-7-13(9)18-21(19,20)14-10(4-3-5-17)6-11(15)8-12(14)16/h6,8-9,13,18H,2,5,7,17H2,1H3. The maximum absolute atomic E-state index is 13.9. The number of benzene rings is 1. The van der Waals surface area contributed by atoms with Gasteiger partial charge in [0.2, 0.25) is 10.0 Å². The van der Waals surface area contributed by atoms with Gasteiger partial charge in [0.05, 0.1) is 12.1 Å². The van der Waals surface area contributed by atoms with E-state index in [9.17, 15) is 17.2 Å². The van der Waals surface area contributed by atoms with Crippen molar-refractivity contribution in [3.05, 3.63) is 29.3 Å². The first-order valence-corrected chi connectivity index (χ1v) is 8.07. The van der Waals surface area contributed by atoms with E-state index in [4.69, 9.17) is 5.73 Å². The summed E-state index contributed by atoms with van der Waals surface area (Å²) in [6, 6.07) is 1.23. The number of nitrogens with two attached hydrogens (primary N) is 1. The van der Waals surface area contributed by atoms with E-state index in [0.717, 1.165) is 18.9 Å². The Bertz CT molecular complexity index is 708. The van der Waals surface area contributed by atoms with Gasteiger partial charge in [-0.15, -0.1) is 0 Å². The van der Waals surface area contributed by atoms with Crippen molar-refractivity contribution in [1.29, 1.82) is 0 Å². The average Bonchev–Trinajstić information content (AvgIpc) is 3.12. The largest absolute Gasteiger partial charge is 0.320 e. The molecule has 1 aromatic rings. The van der Waals surface area contributed by atoms with Gasteiger partial charge in [-0.25, -0.2) is 21.9 Å². The molecule has 0 saturated heterocycles. The zero-order valence-corrected chi connectivity index (χ0v) is 12.3. The Labute approximate surface area is 122 Å². The lowest BCUT2D eigenvalue weighted by Gasteiger charge is -2.09. The molecule has 2 atom stereocenters. The highest BCUT2D eigenvalue weighted by Gasteiger charge is 2.39. The first-order chi connectivity index (χ1) is 9.89. The molecule has 0 bridgehead atoms. The molecule has 0 aliphatic heterocycles. The molecule has 1 fully saturated rings. The van der Waals surface area contributed by atoms with Gasteiger partial charge in [0.1, 0.15) is 16.5 Å². The summed E-state index contributed by atoms with van der Waals surface area (Å²) in [5.74, 6) is 3.04. The third-order valence-electron chi connectivity index (χ3n) is 3.36. The summed E-state index contributed by atoms with van der Waals surface area (Å²) in [7, 11) is -4.08. The van der Waals surface area contributed by atoms with Crippen molar-refractivity contribution in [2.24, 2.45) is 11.7 Å². The van der Waals surface area contributed by atoms with Crippen molar-refractivity contribution >= 4 is 10.0 Å². The highest BCUT2D eigenvalue weighted by molar-refractivity contribution is 7.89. The highest BCUT2D eigenvalue weighted by Crippen LogP contribution is 2.35. The Morgan fingerprint density at radius 2 is 2.14 bits per heavy atom. The quantitative estimate of drug-likeness (QED) is 0.824. The van der Waals surface area contributed by atoms with Crippen molar-refractivity contribution < 1.29 is 17.2 Å². The topological polar surface area (TPSA) is 72.2 Å². The summed E-state index contributed by atoms with van der Waals surface area (Å²) < 4.78 is 54.2. The van der Waals surface area contributed by atoms with Crippen molar-refractivity contribution in [2.45, 2.75) is 30.7 Å². The molecular formula is C14H16F2N2O2S. The molecule has 2 unspecified atom stereocenters. The smallest absolute Gasteiger partial charge is 0.245 e. The van der Waals surface area contributed by atoms with Gasteiger partial charge in [0, 0.05) is 12.1 Å². The second-order valence-electron chi connectivity index (χ2n) is 4.90. The summed E-state index contributed by atoms with van der Waals surface area (Å²) in [5.41, 5.74) is 4.99. The van der Waals surface area contributed by atoms with Crippen LogP contribution >= 0.6 is 0 Å². The lowest BCUT2D eigenvalue weighted by Crippen LogP contribution is -2.28. The number of nitrogens with one attached hydrogen (secondary N) is 1. The second kappa shape index (κ2) is 6.10. The number of rotatable bonds is 4. The molecular weight excluding hydrogens is 298 g/mol. The van der Waals surface area contributed by atoms with Crippen LogP contribution in [0.3, 0.4) is 0 Å². The molecule has 1 aromatic carbocycles. The number of hydrogen-bond donors (Lipinski definition) is 2. The minimum Gasteiger partial charge on any atom is -0.320 e. The van der Waals surface area contributed by atoms with Gasteiger partial charge in [0.25, 0.3) is 0 Å². The van der Waals surface area contributed by atoms with Crippen LogP contribution in [0.4, 0.5) is 8.78 Å². The second-order valence-corrected chi connectivity index (χ2v) is 6.55. The monoisotopic (exact) mass is 314 g/mol. The minimum absolute atomic E-state index is 0.0361. The fourth-order valence-electron chi connectivity index (χ4n) is 2.17. The van der Waals surface area contributed by atoms with E-state index < -0.39 is 26.6 Å². The highest BCUT2D eigenvalue weighted by atomic mass is 32.2. The Kier molecular flexibility index (Phi) is 4.61. The Morgan fingerprint density at radius 3 is 2.71 bits per heavy atom. The Hall–Kier alpha value is -1.49. The van der Waals surface area contributed by atoms with Crippen LogP contribution in [0, 0.1) is 29.4 Å². The van der Waals surface area contributed by atoms with E-state index in [2.05, 4.69) is 16.6 Å². The van der Waals surface area contributed by atoms with Crippen LogP contribution in [0.1, 0.15) is 25.3 Å². The van der Waals surface area contributed by atoms with Gasteiger partial charge in [0.15, 0.2) is 0 Å². The van der Waals surface area contributed by atoms with E-state index in [1.165, 1.54) is 0 Å². The summed E-state index contributed by atoms with van der Waals surface area (Å²) in [4.78, 5) is -0.619. The summed E-state index contributed by atoms with van der Waals surface area (Å²) >= 11 is 0. The molecule has 0 spiro atoms. The van der Waals surface area contributed by atoms with Crippen LogP contribution in [0.5, 0.6) is 0 Å². The first-order valence-electron chi connectivity index (χ1n) is 6.59.